The fourth-order valence-electron chi connectivity index (χ4n) is 13.1. The fourth-order valence-corrected chi connectivity index (χ4v) is 13.1. The van der Waals surface area contributed by atoms with Crippen LogP contribution in [0.25, 0.3) is 66.1 Å². The summed E-state index contributed by atoms with van der Waals surface area (Å²) in [4.78, 5) is 4.76. The van der Waals surface area contributed by atoms with Crippen molar-refractivity contribution < 1.29 is 9.47 Å². The fraction of sp³-hybridized carbons (Fsp3) is 0.0882. The van der Waals surface area contributed by atoms with Crippen LogP contribution in [0.3, 0.4) is 0 Å². The van der Waals surface area contributed by atoms with Crippen molar-refractivity contribution in [1.29, 1.82) is 0 Å². The quantitative estimate of drug-likeness (QED) is 0.164. The first kappa shape index (κ1) is 41.0. The van der Waals surface area contributed by atoms with Crippen molar-refractivity contribution in [2.24, 2.45) is 0 Å². The molecule has 15 rings (SSSR count). The lowest BCUT2D eigenvalue weighted by molar-refractivity contribution is 0.477. The lowest BCUT2D eigenvalue weighted by Crippen LogP contribution is -2.17. The van der Waals surface area contributed by atoms with Gasteiger partial charge in [-0.15, -0.1) is 0 Å². The summed E-state index contributed by atoms with van der Waals surface area (Å²) in [6, 6.07) is 80.0. The first-order valence-electron chi connectivity index (χ1n) is 25.1. The van der Waals surface area contributed by atoms with Gasteiger partial charge in [-0.3, -0.25) is 0 Å². The van der Waals surface area contributed by atoms with Gasteiger partial charge in [-0.1, -0.05) is 173 Å². The van der Waals surface area contributed by atoms with E-state index < -0.39 is 0 Å². The van der Waals surface area contributed by atoms with Crippen molar-refractivity contribution in [3.05, 3.63) is 241 Å². The third-order valence-corrected chi connectivity index (χ3v) is 16.2. The van der Waals surface area contributed by atoms with E-state index in [0.29, 0.717) is 0 Å². The SMILES string of the molecule is CC1(C)c2ccccc2-c2cccc(-c3c4ccc(N5c6ccccc6Oc6ccccc65)cc4c(-c4cccc5c4C(C)(C)c4ccccc4-5)c4ccc(N5c6ccccc6Oc6ccccc65)cc34)c21. The van der Waals surface area contributed by atoms with Crippen molar-refractivity contribution in [3.8, 4) is 67.5 Å². The maximum absolute atomic E-state index is 6.59. The molecule has 0 saturated carbocycles. The van der Waals surface area contributed by atoms with Gasteiger partial charge in [-0.2, -0.15) is 0 Å². The standard InChI is InChI=1S/C68H48N2O2/c1-67(2)53-25-7-5-19-43(53)47-21-17-23-49(65(47)67)63-45-37-35-42(70-57-29-11-15-33-61(57)72-62-34-16-12-30-58(62)70)40-52(45)64(50-24-18-22-48-44-20-6-8-26-54(44)68(3,4)66(48)50)46-38-36-41(39-51(46)63)69-55-27-9-13-31-59(55)71-60-32-14-10-28-56(60)69/h5-40H,1-4H3. The predicted molar refractivity (Wildman–Crippen MR) is 297 cm³/mol. The highest BCUT2D eigenvalue weighted by Crippen LogP contribution is 2.60. The lowest BCUT2D eigenvalue weighted by atomic mass is 9.75. The van der Waals surface area contributed by atoms with Gasteiger partial charge in [0.1, 0.15) is 0 Å². The van der Waals surface area contributed by atoms with E-state index >= 15 is 0 Å². The highest BCUT2D eigenvalue weighted by molar-refractivity contribution is 6.24. The smallest absolute Gasteiger partial charge is 0.151 e. The van der Waals surface area contributed by atoms with Crippen molar-refractivity contribution in [2.45, 2.75) is 38.5 Å². The van der Waals surface area contributed by atoms with Crippen LogP contribution < -0.4 is 19.3 Å². The molecular formula is C68H48N2O2. The molecule has 11 aromatic rings. The number of para-hydroxylation sites is 8. The van der Waals surface area contributed by atoms with Crippen LogP contribution in [0.15, 0.2) is 218 Å². The zero-order chi connectivity index (χ0) is 48.0. The zero-order valence-electron chi connectivity index (χ0n) is 40.5. The molecule has 2 aliphatic carbocycles. The van der Waals surface area contributed by atoms with Gasteiger partial charge in [0.25, 0.3) is 0 Å². The summed E-state index contributed by atoms with van der Waals surface area (Å²) in [6.45, 7) is 9.63. The van der Waals surface area contributed by atoms with Gasteiger partial charge >= 0.3 is 0 Å². The Balaban J connectivity index is 1.10. The van der Waals surface area contributed by atoms with Crippen LogP contribution in [0.1, 0.15) is 49.9 Å². The molecular weight excluding hydrogens is 877 g/mol. The largest absolute Gasteiger partial charge is 0.453 e. The minimum Gasteiger partial charge on any atom is -0.453 e. The number of fused-ring (bicyclic) bond motifs is 12. The Hall–Kier alpha value is -8.86. The summed E-state index contributed by atoms with van der Waals surface area (Å²) in [5.41, 5.74) is 21.2. The molecule has 0 spiro atoms. The van der Waals surface area contributed by atoms with Crippen LogP contribution >= 0.6 is 0 Å². The molecule has 0 atom stereocenters. The van der Waals surface area contributed by atoms with Gasteiger partial charge in [-0.05, 0) is 161 Å². The third-order valence-electron chi connectivity index (χ3n) is 16.2. The van der Waals surface area contributed by atoms with Crippen LogP contribution in [0, 0.1) is 0 Å². The van der Waals surface area contributed by atoms with E-state index in [-0.39, 0.29) is 10.8 Å². The Morgan fingerprint density at radius 3 is 1.00 bits per heavy atom. The van der Waals surface area contributed by atoms with Gasteiger partial charge < -0.3 is 19.3 Å². The molecule has 0 amide bonds. The Bertz CT molecular complexity index is 3780. The van der Waals surface area contributed by atoms with Crippen LogP contribution in [0.4, 0.5) is 34.1 Å². The number of hydrogen-bond donors (Lipinski definition) is 0. The van der Waals surface area contributed by atoms with Gasteiger partial charge in [0, 0.05) is 22.2 Å². The number of rotatable bonds is 4. The first-order chi connectivity index (χ1) is 35.3. The van der Waals surface area contributed by atoms with Gasteiger partial charge in [0.2, 0.25) is 0 Å². The van der Waals surface area contributed by atoms with Crippen LogP contribution in [-0.2, 0) is 10.8 Å². The van der Waals surface area contributed by atoms with Crippen molar-refractivity contribution in [3.63, 3.8) is 0 Å². The maximum atomic E-state index is 6.59. The Labute approximate surface area is 419 Å². The third kappa shape index (κ3) is 5.58. The topological polar surface area (TPSA) is 24.9 Å². The van der Waals surface area contributed by atoms with Crippen molar-refractivity contribution >= 4 is 55.7 Å². The number of ether oxygens (including phenoxy) is 2. The predicted octanol–water partition coefficient (Wildman–Crippen LogP) is 19.1. The summed E-state index contributed by atoms with van der Waals surface area (Å²) in [7, 11) is 0. The Morgan fingerprint density at radius 1 is 0.292 bits per heavy atom. The van der Waals surface area contributed by atoms with E-state index in [1.54, 1.807) is 0 Å². The number of nitrogens with zero attached hydrogens (tertiary/aromatic N) is 2. The summed E-state index contributed by atoms with van der Waals surface area (Å²) < 4.78 is 13.2. The Morgan fingerprint density at radius 2 is 0.611 bits per heavy atom. The first-order valence-corrected chi connectivity index (χ1v) is 25.1. The molecule has 0 N–H and O–H groups in total. The summed E-state index contributed by atoms with van der Waals surface area (Å²) in [5.74, 6) is 3.32. The molecule has 4 nitrogen and oxygen atoms in total. The second-order valence-electron chi connectivity index (χ2n) is 20.8. The summed E-state index contributed by atoms with van der Waals surface area (Å²) >= 11 is 0. The molecule has 0 aromatic heterocycles. The molecule has 0 bridgehead atoms. The molecule has 0 saturated heterocycles. The van der Waals surface area contributed by atoms with Crippen LogP contribution in [-0.4, -0.2) is 0 Å². The number of benzene rings is 11. The van der Waals surface area contributed by atoms with E-state index in [2.05, 4.69) is 256 Å². The average molecular weight is 925 g/mol. The van der Waals surface area contributed by atoms with E-state index in [9.17, 15) is 0 Å². The highest BCUT2D eigenvalue weighted by atomic mass is 16.5. The second kappa shape index (κ2) is 14.8. The van der Waals surface area contributed by atoms with Crippen LogP contribution in [0.2, 0.25) is 0 Å². The highest BCUT2D eigenvalue weighted by Gasteiger charge is 2.41. The molecule has 11 aromatic carbocycles. The molecule has 0 radical (unpaired) electrons. The van der Waals surface area contributed by atoms with E-state index in [4.69, 9.17) is 9.47 Å². The molecule has 72 heavy (non-hydrogen) atoms. The van der Waals surface area contributed by atoms with Crippen LogP contribution in [0.5, 0.6) is 23.0 Å². The molecule has 0 unspecified atom stereocenters. The van der Waals surface area contributed by atoms with Crippen molar-refractivity contribution in [2.75, 3.05) is 9.80 Å². The molecule has 4 heteroatoms. The minimum atomic E-state index is -0.267. The van der Waals surface area contributed by atoms with Gasteiger partial charge in [-0.25, -0.2) is 0 Å². The lowest BCUT2D eigenvalue weighted by Gasteiger charge is -2.34. The van der Waals surface area contributed by atoms with E-state index in [1.165, 1.54) is 88.3 Å². The van der Waals surface area contributed by atoms with Gasteiger partial charge in [0.15, 0.2) is 23.0 Å². The number of anilines is 6. The minimum absolute atomic E-state index is 0.267. The molecule has 2 aliphatic heterocycles. The van der Waals surface area contributed by atoms with Crippen molar-refractivity contribution in [1.82, 2.24) is 0 Å². The van der Waals surface area contributed by atoms with Gasteiger partial charge in [0.05, 0.1) is 22.7 Å². The summed E-state index contributed by atoms with van der Waals surface area (Å²) in [6.07, 6.45) is 0. The second-order valence-corrected chi connectivity index (χ2v) is 20.8. The van der Waals surface area contributed by atoms with E-state index in [1.807, 2.05) is 0 Å². The monoisotopic (exact) mass is 924 g/mol. The average Bonchev–Trinajstić information content (AvgIpc) is 3.80. The van der Waals surface area contributed by atoms with E-state index in [0.717, 1.165) is 57.1 Å². The summed E-state index contributed by atoms with van der Waals surface area (Å²) in [5, 5.41) is 4.78. The maximum Gasteiger partial charge on any atom is 0.151 e. The zero-order valence-corrected chi connectivity index (χ0v) is 40.5. The Kier molecular flexibility index (Phi) is 8.44. The number of hydrogen-bond acceptors (Lipinski definition) is 4. The normalized spacial score (nSPS) is 14.8. The molecule has 0 fully saturated rings. The molecule has 4 aliphatic rings. The molecule has 2 heterocycles. The molecule has 342 valence electrons.